The summed E-state index contributed by atoms with van der Waals surface area (Å²) < 4.78 is 0. The molecule has 0 aromatic carbocycles. The van der Waals surface area contributed by atoms with Gasteiger partial charge in [0.15, 0.2) is 0 Å². The van der Waals surface area contributed by atoms with Crippen LogP contribution in [-0.4, -0.2) is 36.1 Å². The number of rotatable bonds is 6. The van der Waals surface area contributed by atoms with Crippen molar-refractivity contribution in [1.82, 2.24) is 10.2 Å². The van der Waals surface area contributed by atoms with Crippen molar-refractivity contribution in [2.24, 2.45) is 11.8 Å². The highest BCUT2D eigenvalue weighted by atomic mass is 15.2. The second-order valence-electron chi connectivity index (χ2n) is 7.55. The van der Waals surface area contributed by atoms with Crippen molar-refractivity contribution in [1.29, 1.82) is 0 Å². The van der Waals surface area contributed by atoms with E-state index >= 15 is 0 Å². The summed E-state index contributed by atoms with van der Waals surface area (Å²) in [4.78, 5) is 2.74. The standard InChI is InChI=1S/C16H34N2/c1-13(2)8-7-9-18-12-16(5,6)17-11-15(18)10-14(3)4/h13-15,17H,7-12H2,1-6H3. The fourth-order valence-electron chi connectivity index (χ4n) is 2.96. The first-order chi connectivity index (χ1) is 8.30. The van der Waals surface area contributed by atoms with E-state index in [1.807, 2.05) is 0 Å². The van der Waals surface area contributed by atoms with Crippen LogP contribution in [0.1, 0.15) is 60.8 Å². The van der Waals surface area contributed by atoms with E-state index in [0.29, 0.717) is 0 Å². The van der Waals surface area contributed by atoms with E-state index in [9.17, 15) is 0 Å². The molecule has 1 N–H and O–H groups in total. The van der Waals surface area contributed by atoms with E-state index in [-0.39, 0.29) is 5.54 Å². The van der Waals surface area contributed by atoms with Crippen molar-refractivity contribution in [3.8, 4) is 0 Å². The molecular weight excluding hydrogens is 220 g/mol. The molecule has 1 saturated heterocycles. The largest absolute Gasteiger partial charge is 0.309 e. The molecule has 1 heterocycles. The summed E-state index contributed by atoms with van der Waals surface area (Å²) in [7, 11) is 0. The molecule has 0 spiro atoms. The Morgan fingerprint density at radius 2 is 1.83 bits per heavy atom. The van der Waals surface area contributed by atoms with E-state index in [2.05, 4.69) is 51.8 Å². The van der Waals surface area contributed by atoms with E-state index < -0.39 is 0 Å². The number of piperazine rings is 1. The normalized spacial score (nSPS) is 25.0. The zero-order valence-corrected chi connectivity index (χ0v) is 13.4. The molecule has 0 radical (unpaired) electrons. The zero-order chi connectivity index (χ0) is 13.8. The van der Waals surface area contributed by atoms with Gasteiger partial charge in [-0.2, -0.15) is 0 Å². The van der Waals surface area contributed by atoms with Crippen LogP contribution in [0.4, 0.5) is 0 Å². The molecule has 108 valence electrons. The molecule has 0 amide bonds. The Bertz CT molecular complexity index is 233. The van der Waals surface area contributed by atoms with Crippen LogP contribution in [-0.2, 0) is 0 Å². The molecule has 1 fully saturated rings. The second-order valence-corrected chi connectivity index (χ2v) is 7.55. The van der Waals surface area contributed by atoms with Crippen molar-refractivity contribution in [3.63, 3.8) is 0 Å². The molecule has 0 bridgehead atoms. The summed E-state index contributed by atoms with van der Waals surface area (Å²) in [6, 6.07) is 0.741. The van der Waals surface area contributed by atoms with Crippen LogP contribution in [0.15, 0.2) is 0 Å². The predicted molar refractivity (Wildman–Crippen MR) is 81.0 cm³/mol. The Kier molecular flexibility index (Phi) is 6.13. The second kappa shape index (κ2) is 6.91. The molecule has 1 rings (SSSR count). The van der Waals surface area contributed by atoms with Crippen molar-refractivity contribution >= 4 is 0 Å². The third-order valence-electron chi connectivity index (χ3n) is 3.90. The summed E-state index contributed by atoms with van der Waals surface area (Å²) in [5.41, 5.74) is 0.283. The lowest BCUT2D eigenvalue weighted by Crippen LogP contribution is -2.61. The van der Waals surface area contributed by atoms with Crippen molar-refractivity contribution < 1.29 is 0 Å². The van der Waals surface area contributed by atoms with Gasteiger partial charge in [-0.15, -0.1) is 0 Å². The Morgan fingerprint density at radius 3 is 2.39 bits per heavy atom. The number of hydrogen-bond acceptors (Lipinski definition) is 2. The molecular formula is C16H34N2. The lowest BCUT2D eigenvalue weighted by atomic mass is 9.93. The molecule has 0 aliphatic carbocycles. The maximum atomic E-state index is 3.70. The summed E-state index contributed by atoms with van der Waals surface area (Å²) >= 11 is 0. The fourth-order valence-corrected chi connectivity index (χ4v) is 2.96. The number of nitrogens with one attached hydrogen (secondary N) is 1. The molecule has 1 unspecified atom stereocenters. The van der Waals surface area contributed by atoms with Gasteiger partial charge in [-0.3, -0.25) is 4.90 Å². The average molecular weight is 254 g/mol. The first kappa shape index (κ1) is 16.0. The Hall–Kier alpha value is -0.0800. The van der Waals surface area contributed by atoms with Crippen LogP contribution in [0.25, 0.3) is 0 Å². The van der Waals surface area contributed by atoms with Gasteiger partial charge in [0.05, 0.1) is 0 Å². The maximum absolute atomic E-state index is 3.70. The molecule has 0 aromatic rings. The van der Waals surface area contributed by atoms with E-state index in [4.69, 9.17) is 0 Å². The van der Waals surface area contributed by atoms with Crippen LogP contribution in [0.3, 0.4) is 0 Å². The Balaban J connectivity index is 2.49. The quantitative estimate of drug-likeness (QED) is 0.780. The van der Waals surface area contributed by atoms with Crippen LogP contribution in [0.2, 0.25) is 0 Å². The molecule has 1 aliphatic heterocycles. The molecule has 18 heavy (non-hydrogen) atoms. The first-order valence-corrected chi connectivity index (χ1v) is 7.79. The molecule has 1 aliphatic rings. The number of hydrogen-bond donors (Lipinski definition) is 1. The summed E-state index contributed by atoms with van der Waals surface area (Å²) in [5.74, 6) is 1.63. The van der Waals surface area contributed by atoms with Crippen LogP contribution in [0, 0.1) is 11.8 Å². The fraction of sp³-hybridized carbons (Fsp3) is 1.00. The van der Waals surface area contributed by atoms with Gasteiger partial charge in [0.25, 0.3) is 0 Å². The highest BCUT2D eigenvalue weighted by molar-refractivity contribution is 4.92. The predicted octanol–water partition coefficient (Wildman–Crippen LogP) is 3.52. The van der Waals surface area contributed by atoms with Gasteiger partial charge in [0.2, 0.25) is 0 Å². The molecule has 0 aromatic heterocycles. The maximum Gasteiger partial charge on any atom is 0.0252 e. The molecule has 1 atom stereocenters. The summed E-state index contributed by atoms with van der Waals surface area (Å²) in [6.45, 7) is 17.6. The minimum absolute atomic E-state index is 0.283. The average Bonchev–Trinajstić information content (AvgIpc) is 2.20. The van der Waals surface area contributed by atoms with Gasteiger partial charge in [0, 0.05) is 24.7 Å². The van der Waals surface area contributed by atoms with Gasteiger partial charge in [0.1, 0.15) is 0 Å². The third kappa shape index (κ3) is 5.71. The Labute approximate surface area is 115 Å². The summed E-state index contributed by atoms with van der Waals surface area (Å²) in [5, 5.41) is 3.70. The van der Waals surface area contributed by atoms with Gasteiger partial charge < -0.3 is 5.32 Å². The van der Waals surface area contributed by atoms with Crippen LogP contribution in [0.5, 0.6) is 0 Å². The molecule has 0 saturated carbocycles. The lowest BCUT2D eigenvalue weighted by molar-refractivity contribution is 0.0802. The minimum atomic E-state index is 0.283. The van der Waals surface area contributed by atoms with Crippen LogP contribution < -0.4 is 5.32 Å². The first-order valence-electron chi connectivity index (χ1n) is 7.79. The van der Waals surface area contributed by atoms with Crippen molar-refractivity contribution in [3.05, 3.63) is 0 Å². The SMILES string of the molecule is CC(C)CCCN1CC(C)(C)NCC1CC(C)C. The third-order valence-corrected chi connectivity index (χ3v) is 3.90. The number of nitrogens with zero attached hydrogens (tertiary/aromatic N) is 1. The highest BCUT2D eigenvalue weighted by Gasteiger charge is 2.32. The van der Waals surface area contributed by atoms with Gasteiger partial charge in [-0.25, -0.2) is 0 Å². The Morgan fingerprint density at radius 1 is 1.17 bits per heavy atom. The summed E-state index contributed by atoms with van der Waals surface area (Å²) in [6.07, 6.45) is 4.03. The topological polar surface area (TPSA) is 15.3 Å². The van der Waals surface area contributed by atoms with E-state index in [0.717, 1.165) is 24.4 Å². The molecule has 2 nitrogen and oxygen atoms in total. The van der Waals surface area contributed by atoms with Gasteiger partial charge in [-0.1, -0.05) is 27.7 Å². The zero-order valence-electron chi connectivity index (χ0n) is 13.4. The van der Waals surface area contributed by atoms with Gasteiger partial charge >= 0.3 is 0 Å². The van der Waals surface area contributed by atoms with Crippen molar-refractivity contribution in [2.45, 2.75) is 72.4 Å². The smallest absolute Gasteiger partial charge is 0.0252 e. The minimum Gasteiger partial charge on any atom is -0.309 e. The van der Waals surface area contributed by atoms with Crippen molar-refractivity contribution in [2.75, 3.05) is 19.6 Å². The van der Waals surface area contributed by atoms with Crippen LogP contribution >= 0.6 is 0 Å². The molecule has 2 heteroatoms. The van der Waals surface area contributed by atoms with Gasteiger partial charge in [-0.05, 0) is 51.5 Å². The lowest BCUT2D eigenvalue weighted by Gasteiger charge is -2.45. The van der Waals surface area contributed by atoms with E-state index in [1.54, 1.807) is 0 Å². The monoisotopic (exact) mass is 254 g/mol. The van der Waals surface area contributed by atoms with E-state index in [1.165, 1.54) is 32.4 Å². The highest BCUT2D eigenvalue weighted by Crippen LogP contribution is 2.21.